The van der Waals surface area contributed by atoms with E-state index in [1.54, 1.807) is 0 Å². The maximum Gasteiger partial charge on any atom is 0.416 e. The fourth-order valence-electron chi connectivity index (χ4n) is 2.85. The van der Waals surface area contributed by atoms with Gasteiger partial charge in [0.25, 0.3) is 5.91 Å². The molecule has 0 aromatic heterocycles. The second-order valence-electron chi connectivity index (χ2n) is 6.17. The minimum atomic E-state index is -4.52. The predicted molar refractivity (Wildman–Crippen MR) is 93.8 cm³/mol. The number of alkyl halides is 3. The normalized spacial score (nSPS) is 15.7. The van der Waals surface area contributed by atoms with E-state index in [1.165, 1.54) is 40.7 Å². The van der Waals surface area contributed by atoms with Gasteiger partial charge in [0.15, 0.2) is 0 Å². The minimum Gasteiger partial charge on any atom is -0.322 e. The molecule has 3 rings (SSSR count). The lowest BCUT2D eigenvalue weighted by molar-refractivity contribution is -0.137. The zero-order valence-electron chi connectivity index (χ0n) is 14.2. The second kappa shape index (κ2) is 7.32. The highest BCUT2D eigenvalue weighted by molar-refractivity contribution is 7.89. The maximum atomic E-state index is 12.8. The molecule has 0 atom stereocenters. The van der Waals surface area contributed by atoms with Crippen molar-refractivity contribution in [3.05, 3.63) is 59.7 Å². The van der Waals surface area contributed by atoms with Crippen LogP contribution in [0.15, 0.2) is 53.4 Å². The topological polar surface area (TPSA) is 66.5 Å². The SMILES string of the molecule is O=C(Nc1cccc(C(F)(F)F)c1)c1cccc(S(=O)(=O)N2CCCC2)c1. The lowest BCUT2D eigenvalue weighted by Crippen LogP contribution is -2.28. The Morgan fingerprint density at radius 2 is 1.67 bits per heavy atom. The minimum absolute atomic E-state index is 0.0129. The summed E-state index contributed by atoms with van der Waals surface area (Å²) in [7, 11) is -3.69. The first-order valence-electron chi connectivity index (χ1n) is 8.27. The van der Waals surface area contributed by atoms with Crippen molar-refractivity contribution in [2.75, 3.05) is 18.4 Å². The van der Waals surface area contributed by atoms with Gasteiger partial charge < -0.3 is 5.32 Å². The average Bonchev–Trinajstić information content (AvgIpc) is 3.17. The van der Waals surface area contributed by atoms with Gasteiger partial charge in [-0.3, -0.25) is 4.79 Å². The zero-order chi connectivity index (χ0) is 19.7. The van der Waals surface area contributed by atoms with Crippen LogP contribution in [0.25, 0.3) is 0 Å². The molecule has 144 valence electrons. The fourth-order valence-corrected chi connectivity index (χ4v) is 4.42. The summed E-state index contributed by atoms with van der Waals surface area (Å²) in [6, 6.07) is 9.72. The van der Waals surface area contributed by atoms with Crippen LogP contribution in [0.4, 0.5) is 18.9 Å². The van der Waals surface area contributed by atoms with Crippen LogP contribution in [0, 0.1) is 0 Å². The molecule has 1 fully saturated rings. The summed E-state index contributed by atoms with van der Waals surface area (Å²) < 4.78 is 64.9. The number of halogens is 3. The number of nitrogens with zero attached hydrogens (tertiary/aromatic N) is 1. The Bertz CT molecular complexity index is 952. The van der Waals surface area contributed by atoms with E-state index in [9.17, 15) is 26.4 Å². The summed E-state index contributed by atoms with van der Waals surface area (Å²) in [5.74, 6) is -0.687. The quantitative estimate of drug-likeness (QED) is 0.853. The highest BCUT2D eigenvalue weighted by Gasteiger charge is 2.31. The number of anilines is 1. The number of hydrogen-bond acceptors (Lipinski definition) is 3. The molecular formula is C18H17F3N2O3S. The molecule has 0 saturated carbocycles. The third-order valence-electron chi connectivity index (χ3n) is 4.25. The van der Waals surface area contributed by atoms with Crippen molar-refractivity contribution in [1.29, 1.82) is 0 Å². The number of carbonyl (C=O) groups is 1. The Balaban J connectivity index is 1.82. The van der Waals surface area contributed by atoms with Crippen LogP contribution in [0.3, 0.4) is 0 Å². The zero-order valence-corrected chi connectivity index (χ0v) is 15.0. The number of carbonyl (C=O) groups excluding carboxylic acids is 1. The Labute approximate surface area is 154 Å². The van der Waals surface area contributed by atoms with Crippen LogP contribution in [0.1, 0.15) is 28.8 Å². The fraction of sp³-hybridized carbons (Fsp3) is 0.278. The van der Waals surface area contributed by atoms with Crippen LogP contribution in [0.5, 0.6) is 0 Å². The smallest absolute Gasteiger partial charge is 0.322 e. The monoisotopic (exact) mass is 398 g/mol. The molecule has 0 bridgehead atoms. The van der Waals surface area contributed by atoms with Gasteiger partial charge in [-0.2, -0.15) is 17.5 Å². The molecule has 1 aliphatic heterocycles. The van der Waals surface area contributed by atoms with Crippen molar-refractivity contribution >= 4 is 21.6 Å². The maximum absolute atomic E-state index is 12.8. The molecular weight excluding hydrogens is 381 g/mol. The van der Waals surface area contributed by atoms with Crippen LogP contribution < -0.4 is 5.32 Å². The summed E-state index contributed by atoms with van der Waals surface area (Å²) in [5.41, 5.74) is -0.860. The molecule has 2 aromatic carbocycles. The van der Waals surface area contributed by atoms with Crippen molar-refractivity contribution in [3.63, 3.8) is 0 Å². The van der Waals surface area contributed by atoms with E-state index in [1.807, 2.05) is 0 Å². The third-order valence-corrected chi connectivity index (χ3v) is 6.14. The average molecular weight is 398 g/mol. The van der Waals surface area contributed by atoms with E-state index in [0.717, 1.165) is 25.0 Å². The Morgan fingerprint density at radius 1 is 1.00 bits per heavy atom. The van der Waals surface area contributed by atoms with Crippen LogP contribution in [0.2, 0.25) is 0 Å². The molecule has 9 heteroatoms. The molecule has 0 radical (unpaired) electrons. The standard InChI is InChI=1S/C18H17F3N2O3S/c19-18(20,21)14-6-4-7-15(12-14)22-17(24)13-5-3-8-16(11-13)27(25,26)23-9-1-2-10-23/h3-8,11-12H,1-2,9-10H2,(H,22,24). The molecule has 0 aliphatic carbocycles. The summed E-state index contributed by atoms with van der Waals surface area (Å²) in [5, 5.41) is 2.37. The van der Waals surface area contributed by atoms with Gasteiger partial charge in [0, 0.05) is 24.3 Å². The van der Waals surface area contributed by atoms with Crippen molar-refractivity contribution in [2.24, 2.45) is 0 Å². The summed E-state index contributed by atoms with van der Waals surface area (Å²) in [6.45, 7) is 0.867. The first kappa shape index (κ1) is 19.4. The van der Waals surface area contributed by atoms with Crippen molar-refractivity contribution in [1.82, 2.24) is 4.31 Å². The predicted octanol–water partition coefficient (Wildman–Crippen LogP) is 3.74. The highest BCUT2D eigenvalue weighted by Crippen LogP contribution is 2.30. The van der Waals surface area contributed by atoms with Crippen molar-refractivity contribution in [2.45, 2.75) is 23.9 Å². The van der Waals surface area contributed by atoms with Crippen molar-refractivity contribution < 1.29 is 26.4 Å². The molecule has 1 heterocycles. The molecule has 5 nitrogen and oxygen atoms in total. The molecule has 0 spiro atoms. The molecule has 1 amide bonds. The number of sulfonamides is 1. The van der Waals surface area contributed by atoms with E-state index in [4.69, 9.17) is 0 Å². The van der Waals surface area contributed by atoms with E-state index < -0.39 is 27.7 Å². The Morgan fingerprint density at radius 3 is 2.33 bits per heavy atom. The number of hydrogen-bond donors (Lipinski definition) is 1. The van der Waals surface area contributed by atoms with Crippen LogP contribution in [-0.2, 0) is 16.2 Å². The lowest BCUT2D eigenvalue weighted by Gasteiger charge is -2.16. The van der Waals surface area contributed by atoms with Gasteiger partial charge >= 0.3 is 6.18 Å². The summed E-state index contributed by atoms with van der Waals surface area (Å²) in [4.78, 5) is 12.4. The first-order chi connectivity index (χ1) is 12.7. The Hall–Kier alpha value is -2.39. The molecule has 1 N–H and O–H groups in total. The van der Waals surface area contributed by atoms with Gasteiger partial charge in [-0.25, -0.2) is 8.42 Å². The number of benzene rings is 2. The van der Waals surface area contributed by atoms with Crippen molar-refractivity contribution in [3.8, 4) is 0 Å². The number of nitrogens with one attached hydrogen (secondary N) is 1. The third kappa shape index (κ3) is 4.30. The van der Waals surface area contributed by atoms with Gasteiger partial charge in [-0.15, -0.1) is 0 Å². The van der Waals surface area contributed by atoms with Gasteiger partial charge in [0.1, 0.15) is 0 Å². The summed E-state index contributed by atoms with van der Waals surface area (Å²) >= 11 is 0. The van der Waals surface area contributed by atoms with Crippen LogP contribution >= 0.6 is 0 Å². The Kier molecular flexibility index (Phi) is 5.25. The molecule has 0 unspecified atom stereocenters. The molecule has 1 aliphatic rings. The second-order valence-corrected chi connectivity index (χ2v) is 8.11. The molecule has 27 heavy (non-hydrogen) atoms. The van der Waals surface area contributed by atoms with E-state index in [2.05, 4.69) is 5.32 Å². The largest absolute Gasteiger partial charge is 0.416 e. The van der Waals surface area contributed by atoms with E-state index in [0.29, 0.717) is 13.1 Å². The lowest BCUT2D eigenvalue weighted by atomic mass is 10.1. The first-order valence-corrected chi connectivity index (χ1v) is 9.71. The van der Waals surface area contributed by atoms with Gasteiger partial charge in [0.2, 0.25) is 10.0 Å². The van der Waals surface area contributed by atoms with E-state index in [-0.39, 0.29) is 16.1 Å². The highest BCUT2D eigenvalue weighted by atomic mass is 32.2. The van der Waals surface area contributed by atoms with Gasteiger partial charge in [-0.1, -0.05) is 12.1 Å². The van der Waals surface area contributed by atoms with Crippen LogP contribution in [-0.4, -0.2) is 31.7 Å². The number of rotatable bonds is 4. The van der Waals surface area contributed by atoms with E-state index >= 15 is 0 Å². The summed E-state index contributed by atoms with van der Waals surface area (Å²) in [6.07, 6.45) is -2.95. The van der Waals surface area contributed by atoms with Gasteiger partial charge in [-0.05, 0) is 49.2 Å². The molecule has 2 aromatic rings. The molecule has 1 saturated heterocycles. The van der Waals surface area contributed by atoms with Gasteiger partial charge in [0.05, 0.1) is 10.5 Å². The number of amides is 1.